The van der Waals surface area contributed by atoms with Crippen molar-refractivity contribution in [1.29, 1.82) is 0 Å². The number of amidine groups is 1. The van der Waals surface area contributed by atoms with Crippen molar-refractivity contribution in [2.45, 2.75) is 69.6 Å². The number of hydrogen-bond acceptors (Lipinski definition) is 4. The molecule has 2 saturated carbocycles. The summed E-state index contributed by atoms with van der Waals surface area (Å²) in [4.78, 5) is 4.92. The second-order valence-corrected chi connectivity index (χ2v) is 9.13. The van der Waals surface area contributed by atoms with E-state index in [2.05, 4.69) is 24.0 Å². The summed E-state index contributed by atoms with van der Waals surface area (Å²) >= 11 is 4.14. The van der Waals surface area contributed by atoms with Gasteiger partial charge in [0.1, 0.15) is 0 Å². The first-order valence-electron chi connectivity index (χ1n) is 8.37. The maximum Gasteiger partial charge on any atom is 0.156 e. The summed E-state index contributed by atoms with van der Waals surface area (Å²) in [5.74, 6) is 2.54. The van der Waals surface area contributed by atoms with E-state index in [4.69, 9.17) is 4.99 Å². The zero-order chi connectivity index (χ0) is 13.8. The quantitative estimate of drug-likeness (QED) is 0.840. The monoisotopic (exact) mass is 312 g/mol. The van der Waals surface area contributed by atoms with Crippen LogP contribution in [0.3, 0.4) is 0 Å². The first-order chi connectivity index (χ1) is 9.81. The van der Waals surface area contributed by atoms with Crippen molar-refractivity contribution in [3.63, 3.8) is 0 Å². The van der Waals surface area contributed by atoms with Crippen LogP contribution in [-0.2, 0) is 0 Å². The minimum atomic E-state index is 0.557. The summed E-state index contributed by atoms with van der Waals surface area (Å²) in [6, 6.07) is 0.673. The molecule has 0 aromatic heterocycles. The molecule has 2 aliphatic carbocycles. The van der Waals surface area contributed by atoms with Crippen LogP contribution in [-0.4, -0.2) is 34.5 Å². The average Bonchev–Trinajstić information content (AvgIpc) is 2.90. The highest BCUT2D eigenvalue weighted by Crippen LogP contribution is 2.42. The first kappa shape index (κ1) is 15.1. The van der Waals surface area contributed by atoms with Gasteiger partial charge in [-0.05, 0) is 36.9 Å². The third-order valence-corrected chi connectivity index (χ3v) is 7.73. The van der Waals surface area contributed by atoms with E-state index < -0.39 is 0 Å². The molecule has 1 aliphatic heterocycles. The van der Waals surface area contributed by atoms with Gasteiger partial charge in [-0.25, -0.2) is 0 Å². The Balaban J connectivity index is 1.54. The number of rotatable bonds is 3. The normalized spacial score (nSPS) is 33.1. The van der Waals surface area contributed by atoms with Crippen LogP contribution in [0.1, 0.15) is 58.3 Å². The Kier molecular flexibility index (Phi) is 5.24. The van der Waals surface area contributed by atoms with Gasteiger partial charge in [-0.1, -0.05) is 44.4 Å². The highest BCUT2D eigenvalue weighted by molar-refractivity contribution is 8.13. The topological polar surface area (TPSA) is 24.4 Å². The van der Waals surface area contributed by atoms with Crippen LogP contribution in [0.15, 0.2) is 4.99 Å². The number of thioether (sulfide) groups is 2. The lowest BCUT2D eigenvalue weighted by atomic mass is 9.75. The van der Waals surface area contributed by atoms with Gasteiger partial charge < -0.3 is 5.32 Å². The summed E-state index contributed by atoms with van der Waals surface area (Å²) in [7, 11) is 0. The van der Waals surface area contributed by atoms with Crippen LogP contribution >= 0.6 is 23.5 Å². The Morgan fingerprint density at radius 1 is 1.25 bits per heavy atom. The van der Waals surface area contributed by atoms with Crippen LogP contribution < -0.4 is 5.32 Å². The SMILES string of the molecule is CCSC1CCCC1NC1=NCC2(CCCCC2)CS1. The van der Waals surface area contributed by atoms with E-state index in [9.17, 15) is 0 Å². The minimum absolute atomic E-state index is 0.557. The second kappa shape index (κ2) is 6.95. The number of hydrogen-bond donors (Lipinski definition) is 1. The maximum atomic E-state index is 4.92. The van der Waals surface area contributed by atoms with Gasteiger partial charge >= 0.3 is 0 Å². The van der Waals surface area contributed by atoms with E-state index in [1.165, 1.54) is 68.0 Å². The minimum Gasteiger partial charge on any atom is -0.361 e. The smallest absolute Gasteiger partial charge is 0.156 e. The van der Waals surface area contributed by atoms with Crippen molar-refractivity contribution in [1.82, 2.24) is 5.32 Å². The number of aliphatic imine (C=N–C) groups is 1. The van der Waals surface area contributed by atoms with E-state index in [-0.39, 0.29) is 0 Å². The molecule has 3 rings (SSSR count). The molecule has 0 saturated heterocycles. The van der Waals surface area contributed by atoms with Gasteiger partial charge in [0.05, 0.1) is 0 Å². The van der Waals surface area contributed by atoms with Gasteiger partial charge in [-0.2, -0.15) is 11.8 Å². The van der Waals surface area contributed by atoms with E-state index >= 15 is 0 Å². The third-order valence-electron chi connectivity index (χ3n) is 5.13. The van der Waals surface area contributed by atoms with Crippen LogP contribution in [0.5, 0.6) is 0 Å². The molecule has 2 unspecified atom stereocenters. The Labute approximate surface area is 132 Å². The molecule has 0 bridgehead atoms. The predicted molar refractivity (Wildman–Crippen MR) is 93.0 cm³/mol. The lowest BCUT2D eigenvalue weighted by molar-refractivity contribution is 0.232. The van der Waals surface area contributed by atoms with Crippen molar-refractivity contribution < 1.29 is 0 Å². The van der Waals surface area contributed by atoms with Crippen molar-refractivity contribution in [3.8, 4) is 0 Å². The zero-order valence-corrected chi connectivity index (χ0v) is 14.3. The molecular formula is C16H28N2S2. The summed E-state index contributed by atoms with van der Waals surface area (Å²) in [6.07, 6.45) is 11.2. The molecule has 2 atom stereocenters. The molecule has 0 aromatic carbocycles. The molecule has 2 nitrogen and oxygen atoms in total. The van der Waals surface area contributed by atoms with Crippen LogP contribution in [0.2, 0.25) is 0 Å². The molecule has 0 aromatic rings. The molecule has 1 spiro atoms. The van der Waals surface area contributed by atoms with Crippen LogP contribution in [0.4, 0.5) is 0 Å². The van der Waals surface area contributed by atoms with Crippen LogP contribution in [0, 0.1) is 5.41 Å². The fraction of sp³-hybridized carbons (Fsp3) is 0.938. The average molecular weight is 313 g/mol. The second-order valence-electron chi connectivity index (χ2n) is 6.65. The standard InChI is InChI=1S/C16H28N2S2/c1-2-19-14-8-6-7-13(14)18-15-17-11-16(12-20-15)9-4-3-5-10-16/h13-14H,2-12H2,1H3,(H,17,18). The molecule has 1 N–H and O–H groups in total. The Morgan fingerprint density at radius 3 is 2.80 bits per heavy atom. The number of nitrogens with zero attached hydrogens (tertiary/aromatic N) is 1. The Hall–Kier alpha value is 0.170. The maximum absolute atomic E-state index is 4.92. The van der Waals surface area contributed by atoms with Crippen molar-refractivity contribution >= 4 is 28.7 Å². The lowest BCUT2D eigenvalue weighted by Gasteiger charge is -2.39. The van der Waals surface area contributed by atoms with Gasteiger partial charge in [0.2, 0.25) is 0 Å². The molecule has 0 amide bonds. The van der Waals surface area contributed by atoms with Gasteiger partial charge in [-0.3, -0.25) is 4.99 Å². The van der Waals surface area contributed by atoms with Gasteiger partial charge in [0.15, 0.2) is 5.17 Å². The van der Waals surface area contributed by atoms with Crippen molar-refractivity contribution in [3.05, 3.63) is 0 Å². The van der Waals surface area contributed by atoms with E-state index in [1.807, 2.05) is 11.8 Å². The largest absolute Gasteiger partial charge is 0.361 e. The molecule has 0 radical (unpaired) electrons. The fourth-order valence-corrected chi connectivity index (χ4v) is 6.32. The van der Waals surface area contributed by atoms with Crippen molar-refractivity contribution in [2.24, 2.45) is 10.4 Å². The summed E-state index contributed by atoms with van der Waals surface area (Å²) in [6.45, 7) is 3.36. The lowest BCUT2D eigenvalue weighted by Crippen LogP contribution is -2.42. The van der Waals surface area contributed by atoms with E-state index in [0.29, 0.717) is 11.5 Å². The predicted octanol–water partition coefficient (Wildman–Crippen LogP) is 4.30. The molecule has 114 valence electrons. The molecule has 3 aliphatic rings. The first-order valence-corrected chi connectivity index (χ1v) is 10.4. The van der Waals surface area contributed by atoms with Crippen LogP contribution in [0.25, 0.3) is 0 Å². The molecular weight excluding hydrogens is 284 g/mol. The van der Waals surface area contributed by atoms with Gasteiger partial charge in [0, 0.05) is 23.6 Å². The molecule has 2 fully saturated rings. The highest BCUT2D eigenvalue weighted by Gasteiger charge is 2.36. The summed E-state index contributed by atoms with van der Waals surface area (Å²) in [5, 5.41) is 5.83. The third kappa shape index (κ3) is 3.49. The van der Waals surface area contributed by atoms with Crippen molar-refractivity contribution in [2.75, 3.05) is 18.1 Å². The Morgan fingerprint density at radius 2 is 2.10 bits per heavy atom. The number of nitrogens with one attached hydrogen (secondary N) is 1. The molecule has 1 heterocycles. The zero-order valence-electron chi connectivity index (χ0n) is 12.7. The summed E-state index contributed by atoms with van der Waals surface area (Å²) in [5.41, 5.74) is 0.557. The highest BCUT2D eigenvalue weighted by atomic mass is 32.2. The van der Waals surface area contributed by atoms with Gasteiger partial charge in [0.25, 0.3) is 0 Å². The molecule has 4 heteroatoms. The molecule has 20 heavy (non-hydrogen) atoms. The van der Waals surface area contributed by atoms with Gasteiger partial charge in [-0.15, -0.1) is 0 Å². The fourth-order valence-electron chi connectivity index (χ4n) is 3.91. The van der Waals surface area contributed by atoms with E-state index in [1.54, 1.807) is 0 Å². The summed E-state index contributed by atoms with van der Waals surface area (Å²) < 4.78 is 0. The Bertz CT molecular complexity index is 350. The van der Waals surface area contributed by atoms with E-state index in [0.717, 1.165) is 11.8 Å².